The first kappa shape index (κ1) is 25.9. The van der Waals surface area contributed by atoms with Crippen LogP contribution >= 0.6 is 0 Å². The summed E-state index contributed by atoms with van der Waals surface area (Å²) >= 11 is 0. The average Bonchev–Trinajstić information content (AvgIpc) is 2.85. The second-order valence-corrected chi connectivity index (χ2v) is 11.6. The van der Waals surface area contributed by atoms with Gasteiger partial charge in [0.1, 0.15) is 5.82 Å². The highest BCUT2D eigenvalue weighted by atomic mass is 32.2. The number of carbonyl (C=O) groups is 1. The van der Waals surface area contributed by atoms with E-state index >= 15 is 0 Å². The third-order valence-corrected chi connectivity index (χ3v) is 8.47. The van der Waals surface area contributed by atoms with Gasteiger partial charge in [0.2, 0.25) is 10.0 Å². The summed E-state index contributed by atoms with van der Waals surface area (Å²) in [7, 11) is -3.91. The van der Waals surface area contributed by atoms with Crippen molar-refractivity contribution in [3.05, 3.63) is 89.2 Å². The fourth-order valence-electron chi connectivity index (χ4n) is 4.40. The van der Waals surface area contributed by atoms with Crippen LogP contribution in [0.25, 0.3) is 0 Å². The van der Waals surface area contributed by atoms with Crippen molar-refractivity contribution in [2.45, 2.75) is 44.6 Å². The summed E-state index contributed by atoms with van der Waals surface area (Å²) in [5.74, 6) is -1.13. The highest BCUT2D eigenvalue weighted by Gasteiger charge is 2.33. The summed E-state index contributed by atoms with van der Waals surface area (Å²) in [6, 6.07) is 18.8. The van der Waals surface area contributed by atoms with Crippen LogP contribution in [0.1, 0.15) is 48.2 Å². The monoisotopic (exact) mass is 509 g/mol. The van der Waals surface area contributed by atoms with E-state index in [9.17, 15) is 17.6 Å². The number of anilines is 2. The first-order valence-electron chi connectivity index (χ1n) is 12.1. The van der Waals surface area contributed by atoms with Gasteiger partial charge in [-0.1, -0.05) is 43.7 Å². The normalized spacial score (nSPS) is 16.8. The van der Waals surface area contributed by atoms with Gasteiger partial charge in [0, 0.05) is 37.1 Å². The number of rotatable bonds is 6. The van der Waals surface area contributed by atoms with E-state index in [0.29, 0.717) is 24.7 Å². The van der Waals surface area contributed by atoms with Gasteiger partial charge >= 0.3 is 0 Å². The molecule has 1 N–H and O–H groups in total. The molecule has 0 saturated carbocycles. The van der Waals surface area contributed by atoms with Crippen molar-refractivity contribution >= 4 is 27.3 Å². The zero-order chi connectivity index (χ0) is 26.0. The molecule has 0 aromatic heterocycles. The molecular formula is C28H32FN3O3S. The zero-order valence-electron chi connectivity index (χ0n) is 21.0. The Morgan fingerprint density at radius 2 is 1.67 bits per heavy atom. The van der Waals surface area contributed by atoms with E-state index in [4.69, 9.17) is 0 Å². The van der Waals surface area contributed by atoms with Gasteiger partial charge in [0.25, 0.3) is 5.91 Å². The summed E-state index contributed by atoms with van der Waals surface area (Å²) in [5, 5.41) is 2.66. The number of halogens is 1. The van der Waals surface area contributed by atoms with Crippen molar-refractivity contribution in [3.8, 4) is 0 Å². The van der Waals surface area contributed by atoms with Crippen molar-refractivity contribution < 1.29 is 17.6 Å². The molecule has 1 unspecified atom stereocenters. The number of piperazine rings is 1. The Balaban J connectivity index is 1.51. The molecule has 8 heteroatoms. The van der Waals surface area contributed by atoms with E-state index in [-0.39, 0.29) is 23.0 Å². The molecule has 1 heterocycles. The number of benzene rings is 3. The summed E-state index contributed by atoms with van der Waals surface area (Å²) < 4.78 is 42.8. The lowest BCUT2D eigenvalue weighted by molar-refractivity contribution is 0.102. The Bertz CT molecular complexity index is 1340. The number of carbonyl (C=O) groups excluding carboxylic acids is 1. The van der Waals surface area contributed by atoms with Crippen LogP contribution in [-0.4, -0.2) is 44.3 Å². The van der Waals surface area contributed by atoms with Gasteiger partial charge in [-0.2, -0.15) is 4.31 Å². The lowest BCUT2D eigenvalue weighted by Crippen LogP contribution is -2.53. The van der Waals surface area contributed by atoms with Gasteiger partial charge in [0.15, 0.2) is 0 Å². The van der Waals surface area contributed by atoms with E-state index in [1.54, 1.807) is 12.1 Å². The van der Waals surface area contributed by atoms with Crippen molar-refractivity contribution in [1.82, 2.24) is 4.31 Å². The number of sulfonamides is 1. The fourth-order valence-corrected chi connectivity index (χ4v) is 5.94. The van der Waals surface area contributed by atoms with Crippen LogP contribution < -0.4 is 10.2 Å². The molecule has 0 bridgehead atoms. The largest absolute Gasteiger partial charge is 0.366 e. The van der Waals surface area contributed by atoms with Gasteiger partial charge in [-0.25, -0.2) is 12.8 Å². The lowest BCUT2D eigenvalue weighted by atomic mass is 10.0. The fraction of sp³-hybridized carbons (Fsp3) is 0.321. The molecule has 6 nitrogen and oxygen atoms in total. The summed E-state index contributed by atoms with van der Waals surface area (Å²) in [5.41, 5.74) is 3.53. The molecular weight excluding hydrogens is 477 g/mol. The lowest BCUT2D eigenvalue weighted by Gasteiger charge is -2.40. The zero-order valence-corrected chi connectivity index (χ0v) is 21.8. The van der Waals surface area contributed by atoms with Gasteiger partial charge in [-0.05, 0) is 67.8 Å². The van der Waals surface area contributed by atoms with Crippen LogP contribution in [0.2, 0.25) is 0 Å². The second-order valence-electron chi connectivity index (χ2n) is 9.61. The molecule has 3 aromatic rings. The highest BCUT2D eigenvalue weighted by molar-refractivity contribution is 7.89. The predicted molar refractivity (Wildman–Crippen MR) is 142 cm³/mol. The molecule has 0 aliphatic carbocycles. The van der Waals surface area contributed by atoms with E-state index in [1.807, 2.05) is 50.2 Å². The molecule has 1 aliphatic rings. The average molecular weight is 510 g/mol. The number of amides is 1. The Morgan fingerprint density at radius 3 is 2.28 bits per heavy atom. The Labute approximate surface area is 212 Å². The van der Waals surface area contributed by atoms with Crippen LogP contribution in [0.5, 0.6) is 0 Å². The maximum Gasteiger partial charge on any atom is 0.258 e. The summed E-state index contributed by atoms with van der Waals surface area (Å²) in [6.45, 7) is 9.26. The third kappa shape index (κ3) is 5.44. The van der Waals surface area contributed by atoms with Gasteiger partial charge in [0.05, 0.1) is 10.5 Å². The van der Waals surface area contributed by atoms with Gasteiger partial charge < -0.3 is 10.2 Å². The number of nitrogens with zero attached hydrogens (tertiary/aromatic N) is 2. The van der Waals surface area contributed by atoms with Crippen molar-refractivity contribution in [2.24, 2.45) is 0 Å². The minimum absolute atomic E-state index is 0.0479. The van der Waals surface area contributed by atoms with Gasteiger partial charge in [-0.15, -0.1) is 0 Å². The standard InChI is InChI=1S/C28H32FN3O3S/c1-19(2)22-7-9-23(10-8-22)30-28(33)26-17-25(13-14-27(26)29)36(34,35)31-15-16-32(21(4)18-31)24-11-5-20(3)6-12-24/h5-14,17,19,21H,15-16,18H2,1-4H3,(H,30,33). The molecule has 36 heavy (non-hydrogen) atoms. The Hall–Kier alpha value is -3.23. The number of nitrogens with one attached hydrogen (secondary N) is 1. The van der Waals surface area contributed by atoms with E-state index < -0.39 is 21.7 Å². The Morgan fingerprint density at radius 1 is 1.00 bits per heavy atom. The quantitative estimate of drug-likeness (QED) is 0.483. The maximum atomic E-state index is 14.6. The maximum absolute atomic E-state index is 14.6. The highest BCUT2D eigenvalue weighted by Crippen LogP contribution is 2.26. The number of hydrogen-bond donors (Lipinski definition) is 1. The van der Waals surface area contributed by atoms with Crippen molar-refractivity contribution in [3.63, 3.8) is 0 Å². The van der Waals surface area contributed by atoms with E-state index in [0.717, 1.165) is 28.9 Å². The minimum atomic E-state index is -3.91. The van der Waals surface area contributed by atoms with Crippen LogP contribution in [0.15, 0.2) is 71.6 Å². The third-order valence-electron chi connectivity index (χ3n) is 6.61. The smallest absolute Gasteiger partial charge is 0.258 e. The van der Waals surface area contributed by atoms with E-state index in [2.05, 4.69) is 24.1 Å². The predicted octanol–water partition coefficient (Wildman–Crippen LogP) is 5.41. The molecule has 4 rings (SSSR count). The van der Waals surface area contributed by atoms with Crippen LogP contribution in [0.3, 0.4) is 0 Å². The van der Waals surface area contributed by atoms with Crippen molar-refractivity contribution in [1.29, 1.82) is 0 Å². The van der Waals surface area contributed by atoms with Crippen molar-refractivity contribution in [2.75, 3.05) is 29.9 Å². The van der Waals surface area contributed by atoms with Crippen LogP contribution in [-0.2, 0) is 10.0 Å². The van der Waals surface area contributed by atoms with Gasteiger partial charge in [-0.3, -0.25) is 4.79 Å². The molecule has 190 valence electrons. The molecule has 1 atom stereocenters. The molecule has 0 spiro atoms. The minimum Gasteiger partial charge on any atom is -0.366 e. The molecule has 1 fully saturated rings. The molecule has 0 radical (unpaired) electrons. The van der Waals surface area contributed by atoms with Crippen LogP contribution in [0, 0.1) is 12.7 Å². The number of aryl methyl sites for hydroxylation is 1. The molecule has 1 aliphatic heterocycles. The first-order chi connectivity index (χ1) is 17.1. The molecule has 1 saturated heterocycles. The summed E-state index contributed by atoms with van der Waals surface area (Å²) in [4.78, 5) is 14.9. The number of hydrogen-bond acceptors (Lipinski definition) is 4. The second kappa shape index (κ2) is 10.4. The molecule has 1 amide bonds. The molecule has 3 aromatic carbocycles. The Kier molecular flexibility index (Phi) is 7.47. The SMILES string of the molecule is Cc1ccc(N2CCN(S(=O)(=O)c3ccc(F)c(C(=O)Nc4ccc(C(C)C)cc4)c3)CC2C)cc1. The van der Waals surface area contributed by atoms with Crippen LogP contribution in [0.4, 0.5) is 15.8 Å². The topological polar surface area (TPSA) is 69.7 Å². The van der Waals surface area contributed by atoms with E-state index in [1.165, 1.54) is 10.4 Å². The summed E-state index contributed by atoms with van der Waals surface area (Å²) in [6.07, 6.45) is 0. The first-order valence-corrected chi connectivity index (χ1v) is 13.5.